The lowest BCUT2D eigenvalue weighted by Crippen LogP contribution is -2.43. The van der Waals surface area contributed by atoms with E-state index in [2.05, 4.69) is 75.5 Å². The van der Waals surface area contributed by atoms with Gasteiger partial charge in [0.25, 0.3) is 0 Å². The summed E-state index contributed by atoms with van der Waals surface area (Å²) < 4.78 is 315. The Bertz CT molecular complexity index is 6370. The van der Waals surface area contributed by atoms with Crippen LogP contribution in [0.5, 0.6) is 0 Å². The lowest BCUT2D eigenvalue weighted by molar-refractivity contribution is -0.166. The first-order chi connectivity index (χ1) is 83.6. The molecule has 0 bridgehead atoms. The number of esters is 10. The zero-order valence-electron chi connectivity index (χ0n) is 124. The normalized spacial score (nSPS) is 42.3. The van der Waals surface area contributed by atoms with E-state index in [9.17, 15) is 73.5 Å². The van der Waals surface area contributed by atoms with Crippen molar-refractivity contribution in [1.29, 1.82) is 0 Å². The molecule has 10 aliphatic carbocycles. The van der Waals surface area contributed by atoms with Crippen molar-refractivity contribution in [2.75, 3.05) is 0 Å². The molecular formula is C125H190O25. The van der Waals surface area contributed by atoms with Gasteiger partial charge in [-0.2, -0.15) is 0 Å². The average molecular weight is 2130 g/mol. The maximum atomic E-state index is 13.8. The van der Waals surface area contributed by atoms with Crippen LogP contribution in [0.25, 0.3) is 0 Å². The molecule has 15 aliphatic rings. The summed E-state index contributed by atoms with van der Waals surface area (Å²) in [7, 11) is 0. The third-order valence-corrected chi connectivity index (χ3v) is 33.6. The Morgan fingerprint density at radius 3 is 0.753 bits per heavy atom. The molecule has 15 rings (SSSR count). The Balaban J connectivity index is 0.000000212. The number of ether oxygens (including phenoxy) is 10. The summed E-state index contributed by atoms with van der Waals surface area (Å²) in [6, 6.07) is 0. The summed E-state index contributed by atoms with van der Waals surface area (Å²) in [5.41, 5.74) is -6.01. The topological polar surface area (TPSA) is 364 Å². The fourth-order valence-corrected chi connectivity index (χ4v) is 24.4. The van der Waals surface area contributed by atoms with E-state index in [1.165, 1.54) is 26.3 Å². The van der Waals surface area contributed by atoms with E-state index in [0.717, 1.165) is 42.1 Å². The molecule has 0 saturated carbocycles. The maximum absolute atomic E-state index is 13.8. The van der Waals surface area contributed by atoms with Crippen molar-refractivity contribution < 1.29 is 166 Å². The molecule has 0 radical (unpaired) electrons. The third kappa shape index (κ3) is 32.8. The zero-order chi connectivity index (χ0) is 139. The van der Waals surface area contributed by atoms with Gasteiger partial charge in [-0.1, -0.05) is 195 Å². The van der Waals surface area contributed by atoms with E-state index >= 15 is 0 Å². The highest BCUT2D eigenvalue weighted by Crippen LogP contribution is 2.54. The summed E-state index contributed by atoms with van der Waals surface area (Å²) >= 11 is 0. The predicted molar refractivity (Wildman–Crippen MR) is 577 cm³/mol. The number of allylic oxidation sites excluding steroid dienone is 15. The molecule has 0 aromatic carbocycles. The van der Waals surface area contributed by atoms with Crippen LogP contribution >= 0.6 is 0 Å². The number of fused-ring (bicyclic) bond motifs is 5. The first-order valence-corrected chi connectivity index (χ1v) is 54.6. The summed E-state index contributed by atoms with van der Waals surface area (Å²) in [6.45, 7) is 8.66. The lowest BCUT2D eigenvalue weighted by atomic mass is 9.65. The smallest absolute Gasteiger partial charge is 0.311 e. The summed E-state index contributed by atoms with van der Waals surface area (Å²) in [6.07, 6.45) is 11.2. The average Bonchev–Trinajstić information content (AvgIpc) is 0.690. The number of aliphatic hydroxyl groups excluding tert-OH is 5. The van der Waals surface area contributed by atoms with Gasteiger partial charge in [0.15, 0.2) is 0 Å². The molecule has 840 valence electrons. The monoisotopic (exact) mass is 2120 g/mol. The Labute approximate surface area is 943 Å². The number of aliphatic hydroxyl groups is 5. The van der Waals surface area contributed by atoms with Crippen molar-refractivity contribution >= 4 is 59.7 Å². The highest BCUT2D eigenvalue weighted by Gasteiger charge is 2.52. The first kappa shape index (κ1) is 82.4. The Kier molecular flexibility index (Phi) is 29.4. The van der Waals surface area contributed by atoms with Crippen LogP contribution in [-0.2, 0) is 95.3 Å². The van der Waals surface area contributed by atoms with Crippen molar-refractivity contribution in [3.63, 3.8) is 0 Å². The Morgan fingerprint density at radius 1 is 0.307 bits per heavy atom. The molecule has 5 aliphatic heterocycles. The molecule has 5 N–H and O–H groups in total. The van der Waals surface area contributed by atoms with Gasteiger partial charge in [-0.05, 0) is 314 Å². The standard InChI is InChI=1S/5C25H38O5/c5*1-6-25(4,5)24(28)30-21-12-15(2)11-17-8-7-16(3)20(23(17)21)10-9-19-13-18(26)14-22(27)29-19/h5*7-8,11,15-16,18-21,23,26H,6,9-10,12-14H2,1-5H3/t5*15-,16-,18+,19?,20-,21-,23-/m00000/s1/i1D3,4D3,5D3,6D2;1D3,6D2,14D2;1D3,4D3,6D2;4D3,14D2;14D2/t2m;2*15-,16-,18+,19?,20-,21-,23-,25?;m. The second kappa shape index (κ2) is 53.6. The van der Waals surface area contributed by atoms with Crippen molar-refractivity contribution in [3.8, 4) is 0 Å². The molecule has 37 atom stereocenters. The predicted octanol–water partition coefficient (Wildman–Crippen LogP) is 22.9. The molecule has 150 heavy (non-hydrogen) atoms. The SMILES string of the molecule is [2H]C([2H])([2H])C([2H])([2H])C(C(=O)O[C@H]1C[C@@H](C)C=C2C=C[C@H](C)[C@H](CCC3C[C@@H](O)CC(=O)O3)[C@H]21)(C([2H])([2H])[2H])C([2H])([2H])[2H].[2H]C([2H])([2H])C([2H])([2H])C(C)(C(=O)O[C@H]1C[C@@H](C)C=C2C=C[C@H](C)[C@H](CCC3C[C@@H](O)CC(=O)O3)[C@H]21)C([2H])([2H])[2H].[2H]C1([2H])C(=O)OC(CC[C@@H]2[C@@H]3C(=C[C@H](C)C[C@@H]3OC(=O)C(C)(C)C([2H])([2H])C([2H])([2H])[2H])C=C[C@@H]2C)C[C@H]1O.[2H]C1([2H])C(=O)OC(CC[C@@H]2[C@@H]3C(=C[C@H](C)C[C@@H]3OC(=O)C(C)(C)CC)C=C[C@@H]2C)C[C@H]1O.[2H]C1([2H])C(=O)OC(CC[C@@H]2[C@@H]3C(=C[C@H](C)C[C@@H]3OC(=O)C(C)(CC)C([2H])([2H])[2H])C=C[C@@H]2C)C[C@H]1O. The van der Waals surface area contributed by atoms with Gasteiger partial charge >= 0.3 is 59.7 Å². The van der Waals surface area contributed by atoms with Crippen LogP contribution < -0.4 is 0 Å². The van der Waals surface area contributed by atoms with Crippen molar-refractivity contribution in [3.05, 3.63) is 119 Å². The molecule has 0 amide bonds. The molecule has 5 fully saturated rings. The zero-order valence-corrected chi connectivity index (χ0v) is 90.7. The van der Waals surface area contributed by atoms with E-state index in [1.54, 1.807) is 6.92 Å². The van der Waals surface area contributed by atoms with Crippen molar-refractivity contribution in [1.82, 2.24) is 0 Å². The molecule has 0 aromatic heterocycles. The van der Waals surface area contributed by atoms with Crippen LogP contribution in [0.3, 0.4) is 0 Å². The first-order valence-electron chi connectivity index (χ1n) is 71.1. The minimum atomic E-state index is -4.00. The number of hydrogen-bond acceptors (Lipinski definition) is 25. The highest BCUT2D eigenvalue weighted by molar-refractivity contribution is 5.79. The number of carbonyl (C=O) groups is 10. The molecular weight excluding hydrogens is 1900 g/mol. The Morgan fingerprint density at radius 2 is 0.520 bits per heavy atom. The van der Waals surface area contributed by atoms with E-state index in [-0.39, 0.29) is 170 Å². The van der Waals surface area contributed by atoms with Gasteiger partial charge in [0, 0.05) is 107 Å². The minimum absolute atomic E-state index is 0.00309. The van der Waals surface area contributed by atoms with Gasteiger partial charge in [0.05, 0.1) is 89.6 Å². The van der Waals surface area contributed by atoms with E-state index in [1.807, 2.05) is 106 Å². The molecule has 5 heterocycles. The lowest BCUT2D eigenvalue weighted by Gasteiger charge is -2.44. The van der Waals surface area contributed by atoms with E-state index in [0.29, 0.717) is 95.8 Å². The highest BCUT2D eigenvalue weighted by atomic mass is 16.6. The number of cyclic esters (lactones) is 5. The van der Waals surface area contributed by atoms with E-state index < -0.39 is 258 Å². The summed E-state index contributed by atoms with van der Waals surface area (Å²) in [5, 5.41) is 50.2. The van der Waals surface area contributed by atoms with Crippen LogP contribution in [0.4, 0.5) is 0 Å². The van der Waals surface area contributed by atoms with Gasteiger partial charge in [0.2, 0.25) is 0 Å². The van der Waals surface area contributed by atoms with Gasteiger partial charge in [0.1, 0.15) is 61.0 Å². The van der Waals surface area contributed by atoms with Crippen molar-refractivity contribution in [2.24, 2.45) is 145 Å². The van der Waals surface area contributed by atoms with Gasteiger partial charge < -0.3 is 72.9 Å². The largest absolute Gasteiger partial charge is 0.462 e. The molecule has 25 heteroatoms. The van der Waals surface area contributed by atoms with Crippen LogP contribution in [0.15, 0.2) is 119 Å². The molecule has 7 unspecified atom stereocenters. The number of carbonyl (C=O) groups excluding carboxylic acids is 10. The molecule has 0 spiro atoms. The van der Waals surface area contributed by atoms with Gasteiger partial charge in [-0.15, -0.1) is 0 Å². The number of hydrogen-bond donors (Lipinski definition) is 5. The summed E-state index contributed by atoms with van der Waals surface area (Å²) in [5.74, 6) is -9.57. The minimum Gasteiger partial charge on any atom is -0.462 e. The molecule has 25 nitrogen and oxygen atoms in total. The van der Waals surface area contributed by atoms with Crippen LogP contribution in [0, 0.1) is 145 Å². The molecule has 0 aromatic rings. The van der Waals surface area contributed by atoms with Crippen LogP contribution in [0.2, 0.25) is 0 Å². The maximum Gasteiger partial charge on any atom is 0.311 e. The second-order valence-electron chi connectivity index (χ2n) is 47.0. The van der Waals surface area contributed by atoms with Crippen molar-refractivity contribution in [2.45, 2.75) is 456 Å². The fraction of sp³-hybridized carbons (Fsp3) is 0.760. The fourth-order valence-electron chi connectivity index (χ4n) is 24.4. The van der Waals surface area contributed by atoms with Gasteiger partial charge in [-0.25, -0.2) is 0 Å². The van der Waals surface area contributed by atoms with E-state index in [4.69, 9.17) is 92.6 Å². The third-order valence-electron chi connectivity index (χ3n) is 33.6. The number of rotatable bonds is 30. The molecule has 5 saturated heterocycles. The van der Waals surface area contributed by atoms with Crippen LogP contribution in [-0.4, -0.2) is 177 Å². The second-order valence-corrected chi connectivity index (χ2v) is 47.0. The quantitative estimate of drug-likeness (QED) is 0.0329. The van der Waals surface area contributed by atoms with Gasteiger partial charge in [-0.3, -0.25) is 47.9 Å². The van der Waals surface area contributed by atoms with Crippen LogP contribution in [0.1, 0.15) is 410 Å². The Hall–Kier alpha value is -8.10. The summed E-state index contributed by atoms with van der Waals surface area (Å²) in [4.78, 5) is 126.